The molecular formula is C17H20N4O7S3. The molecule has 3 rings (SSSR count). The molecule has 0 aromatic heterocycles. The van der Waals surface area contributed by atoms with Gasteiger partial charge in [0.15, 0.2) is 0 Å². The van der Waals surface area contributed by atoms with E-state index in [0.29, 0.717) is 0 Å². The highest BCUT2D eigenvalue weighted by molar-refractivity contribution is 7.92. The Balaban J connectivity index is 1.85. The van der Waals surface area contributed by atoms with Crippen LogP contribution in [0, 0.1) is 0 Å². The molecule has 2 aromatic rings. The Morgan fingerprint density at radius 3 is 2.06 bits per heavy atom. The number of sulfonamides is 3. The number of piperazine rings is 1. The molecule has 2 aromatic carbocycles. The van der Waals surface area contributed by atoms with Crippen LogP contribution in [0.1, 0.15) is 0 Å². The summed E-state index contributed by atoms with van der Waals surface area (Å²) in [5, 5.41) is 2.53. The smallest absolute Gasteiger partial charge is 0.261 e. The van der Waals surface area contributed by atoms with Crippen molar-refractivity contribution in [1.29, 1.82) is 0 Å². The summed E-state index contributed by atoms with van der Waals surface area (Å²) in [6.07, 6.45) is 0. The molecule has 31 heavy (non-hydrogen) atoms. The Morgan fingerprint density at radius 1 is 0.871 bits per heavy atom. The fourth-order valence-corrected chi connectivity index (χ4v) is 6.04. The molecule has 0 radical (unpaired) electrons. The van der Waals surface area contributed by atoms with Crippen LogP contribution in [0.5, 0.6) is 0 Å². The molecule has 1 aliphatic rings. The van der Waals surface area contributed by atoms with Gasteiger partial charge in [0.2, 0.25) is 26.0 Å². The first-order chi connectivity index (χ1) is 14.5. The number of anilines is 1. The summed E-state index contributed by atoms with van der Waals surface area (Å²) in [5.74, 6) is -0.421. The van der Waals surface area contributed by atoms with E-state index in [-0.39, 0.29) is 40.0 Å². The molecule has 0 atom stereocenters. The van der Waals surface area contributed by atoms with Crippen LogP contribution in [0.25, 0.3) is 0 Å². The molecule has 1 aliphatic heterocycles. The normalized spacial score (nSPS) is 16.0. The molecule has 0 saturated carbocycles. The average molecular weight is 489 g/mol. The number of rotatable bonds is 7. The number of nitrogens with one attached hydrogen (secondary N) is 3. The van der Waals surface area contributed by atoms with Crippen LogP contribution in [0.2, 0.25) is 0 Å². The number of hydrogen-bond acceptors (Lipinski definition) is 7. The van der Waals surface area contributed by atoms with E-state index >= 15 is 0 Å². The van der Waals surface area contributed by atoms with Crippen molar-refractivity contribution in [2.24, 2.45) is 0 Å². The van der Waals surface area contributed by atoms with Gasteiger partial charge in [-0.15, -0.1) is 0 Å². The van der Waals surface area contributed by atoms with Gasteiger partial charge < -0.3 is 5.32 Å². The zero-order valence-corrected chi connectivity index (χ0v) is 18.7. The van der Waals surface area contributed by atoms with Gasteiger partial charge in [-0.05, 0) is 49.5 Å². The molecule has 0 spiro atoms. The summed E-state index contributed by atoms with van der Waals surface area (Å²) in [6, 6.07) is 9.73. The Hall–Kier alpha value is -2.52. The molecule has 1 fully saturated rings. The predicted octanol–water partition coefficient (Wildman–Crippen LogP) is -0.484. The minimum absolute atomic E-state index is 0.00513. The maximum absolute atomic E-state index is 12.8. The number of hydrogen-bond donors (Lipinski definition) is 3. The van der Waals surface area contributed by atoms with E-state index in [1.54, 1.807) is 0 Å². The third kappa shape index (κ3) is 5.04. The van der Waals surface area contributed by atoms with Gasteiger partial charge in [0, 0.05) is 13.1 Å². The maximum Gasteiger partial charge on any atom is 0.261 e. The summed E-state index contributed by atoms with van der Waals surface area (Å²) < 4.78 is 79.8. The van der Waals surface area contributed by atoms with Crippen LogP contribution in [0.4, 0.5) is 5.69 Å². The van der Waals surface area contributed by atoms with Gasteiger partial charge in [0.1, 0.15) is 0 Å². The van der Waals surface area contributed by atoms with Gasteiger partial charge in [0.25, 0.3) is 10.0 Å². The van der Waals surface area contributed by atoms with Crippen molar-refractivity contribution in [1.82, 2.24) is 14.3 Å². The highest BCUT2D eigenvalue weighted by Crippen LogP contribution is 2.23. The molecule has 0 unspecified atom stereocenters. The number of benzene rings is 2. The summed E-state index contributed by atoms with van der Waals surface area (Å²) in [7, 11) is -10.6. The fraction of sp³-hybridized carbons (Fsp3) is 0.235. The zero-order valence-electron chi connectivity index (χ0n) is 16.3. The lowest BCUT2D eigenvalue weighted by Gasteiger charge is -2.26. The Morgan fingerprint density at radius 2 is 1.48 bits per heavy atom. The van der Waals surface area contributed by atoms with Crippen LogP contribution in [0.3, 0.4) is 0 Å². The first kappa shape index (κ1) is 23.1. The monoisotopic (exact) mass is 488 g/mol. The maximum atomic E-state index is 12.8. The van der Waals surface area contributed by atoms with Gasteiger partial charge in [-0.25, -0.2) is 30.0 Å². The second-order valence-corrected chi connectivity index (χ2v) is 12.0. The van der Waals surface area contributed by atoms with Crippen LogP contribution >= 0.6 is 0 Å². The standard InChI is InChI=1S/C17H20N4O7S3/c1-18-29(23,24)14-5-7-15(8-6-14)30(25,26)20-13-3-2-4-16(11-13)31(27,28)21-10-9-19-17(22)12-21/h2-8,11,18,20H,9-10,12H2,1H3,(H,19,22). The third-order valence-corrected chi connectivity index (χ3v) is 9.11. The van der Waals surface area contributed by atoms with Crippen molar-refractivity contribution in [2.45, 2.75) is 14.7 Å². The highest BCUT2D eigenvalue weighted by atomic mass is 32.2. The topological polar surface area (TPSA) is 159 Å². The second-order valence-electron chi connectivity index (χ2n) is 6.50. The molecule has 11 nitrogen and oxygen atoms in total. The number of amides is 1. The predicted molar refractivity (Wildman–Crippen MR) is 112 cm³/mol. The molecule has 1 saturated heterocycles. The van der Waals surface area contributed by atoms with Gasteiger partial charge in [0.05, 0.1) is 26.9 Å². The molecule has 1 amide bonds. The largest absolute Gasteiger partial charge is 0.354 e. The Kier molecular flexibility index (Phi) is 6.38. The van der Waals surface area contributed by atoms with Gasteiger partial charge in [-0.1, -0.05) is 6.07 Å². The minimum atomic E-state index is -4.12. The molecule has 14 heteroatoms. The summed E-state index contributed by atoms with van der Waals surface area (Å²) in [4.78, 5) is 11.0. The van der Waals surface area contributed by atoms with Gasteiger partial charge in [-0.3, -0.25) is 9.52 Å². The van der Waals surface area contributed by atoms with E-state index < -0.39 is 36.0 Å². The number of nitrogens with zero attached hydrogens (tertiary/aromatic N) is 1. The van der Waals surface area contributed by atoms with Gasteiger partial charge >= 0.3 is 0 Å². The lowest BCUT2D eigenvalue weighted by atomic mass is 10.3. The summed E-state index contributed by atoms with van der Waals surface area (Å²) >= 11 is 0. The van der Waals surface area contributed by atoms with E-state index in [9.17, 15) is 30.0 Å². The number of carbonyl (C=O) groups excluding carboxylic acids is 1. The fourth-order valence-electron chi connectivity index (χ4n) is 2.82. The lowest BCUT2D eigenvalue weighted by Crippen LogP contribution is -2.49. The third-order valence-electron chi connectivity index (χ3n) is 4.44. The van der Waals surface area contributed by atoms with Crippen LogP contribution in [-0.4, -0.2) is 62.1 Å². The van der Waals surface area contributed by atoms with E-state index in [2.05, 4.69) is 14.8 Å². The van der Waals surface area contributed by atoms with E-state index in [1.165, 1.54) is 25.2 Å². The minimum Gasteiger partial charge on any atom is -0.354 e. The van der Waals surface area contributed by atoms with E-state index in [0.717, 1.165) is 34.6 Å². The molecule has 0 aliphatic carbocycles. The first-order valence-corrected chi connectivity index (χ1v) is 13.3. The lowest BCUT2D eigenvalue weighted by molar-refractivity contribution is -0.122. The quantitative estimate of drug-likeness (QED) is 0.474. The number of carbonyl (C=O) groups is 1. The molecular weight excluding hydrogens is 468 g/mol. The molecule has 1 heterocycles. The second kappa shape index (κ2) is 8.55. The average Bonchev–Trinajstić information content (AvgIpc) is 2.73. The van der Waals surface area contributed by atoms with Crippen LogP contribution < -0.4 is 14.8 Å². The van der Waals surface area contributed by atoms with Crippen molar-refractivity contribution in [3.8, 4) is 0 Å². The summed E-state index contributed by atoms with van der Waals surface area (Å²) in [5.41, 5.74) is -0.00513. The van der Waals surface area contributed by atoms with Crippen molar-refractivity contribution < 1.29 is 30.0 Å². The van der Waals surface area contributed by atoms with Crippen molar-refractivity contribution in [3.05, 3.63) is 48.5 Å². The van der Waals surface area contributed by atoms with Crippen LogP contribution in [-0.2, 0) is 34.9 Å². The zero-order chi connectivity index (χ0) is 22.9. The van der Waals surface area contributed by atoms with E-state index in [1.807, 2.05) is 0 Å². The molecule has 3 N–H and O–H groups in total. The highest BCUT2D eigenvalue weighted by Gasteiger charge is 2.29. The van der Waals surface area contributed by atoms with Crippen molar-refractivity contribution >= 4 is 41.7 Å². The SMILES string of the molecule is CNS(=O)(=O)c1ccc(S(=O)(=O)Nc2cccc(S(=O)(=O)N3CCNC(=O)C3)c2)cc1. The first-order valence-electron chi connectivity index (χ1n) is 8.89. The van der Waals surface area contributed by atoms with Gasteiger partial charge in [-0.2, -0.15) is 4.31 Å². The van der Waals surface area contributed by atoms with Crippen LogP contribution in [0.15, 0.2) is 63.2 Å². The summed E-state index contributed by atoms with van der Waals surface area (Å²) in [6.45, 7) is -0.0320. The molecule has 0 bridgehead atoms. The Labute approximate surface area is 180 Å². The van der Waals surface area contributed by atoms with Crippen molar-refractivity contribution in [2.75, 3.05) is 31.4 Å². The van der Waals surface area contributed by atoms with E-state index in [4.69, 9.17) is 0 Å². The Bertz CT molecular complexity index is 1310. The van der Waals surface area contributed by atoms with Crippen molar-refractivity contribution in [3.63, 3.8) is 0 Å². The molecule has 168 valence electrons.